The molecule has 1 unspecified atom stereocenters. The molecule has 0 spiro atoms. The topological polar surface area (TPSA) is 89.6 Å². The molecule has 1 aliphatic heterocycles. The van der Waals surface area contributed by atoms with Gasteiger partial charge in [-0.2, -0.15) is 0 Å². The molecule has 1 atom stereocenters. The maximum atomic E-state index is 12.5. The molecule has 3 rings (SSSR count). The lowest BCUT2D eigenvalue weighted by Crippen LogP contribution is -2.43. The highest BCUT2D eigenvalue weighted by Crippen LogP contribution is 2.22. The molecule has 2 heterocycles. The van der Waals surface area contributed by atoms with E-state index in [1.807, 2.05) is 53.8 Å². The molecule has 2 amide bonds. The summed E-state index contributed by atoms with van der Waals surface area (Å²) in [7, 11) is 0. The molecule has 152 valence electrons. The van der Waals surface area contributed by atoms with Crippen molar-refractivity contribution in [2.24, 2.45) is 11.7 Å². The normalized spacial score (nSPS) is 16.1. The van der Waals surface area contributed by atoms with E-state index in [9.17, 15) is 9.59 Å². The van der Waals surface area contributed by atoms with E-state index in [1.165, 1.54) is 0 Å². The van der Waals surface area contributed by atoms with E-state index in [4.69, 9.17) is 10.5 Å². The Labute approximate surface area is 165 Å². The van der Waals surface area contributed by atoms with Gasteiger partial charge in [0, 0.05) is 49.1 Å². The van der Waals surface area contributed by atoms with Gasteiger partial charge in [-0.25, -0.2) is 0 Å². The van der Waals surface area contributed by atoms with Gasteiger partial charge in [-0.05, 0) is 56.9 Å². The van der Waals surface area contributed by atoms with Gasteiger partial charge in [-0.15, -0.1) is 0 Å². The second kappa shape index (κ2) is 9.21. The minimum absolute atomic E-state index is 0.0994. The van der Waals surface area contributed by atoms with E-state index < -0.39 is 6.04 Å². The number of hydrogen-bond donors (Lipinski definition) is 2. The summed E-state index contributed by atoms with van der Waals surface area (Å²) in [6.45, 7) is 7.01. The van der Waals surface area contributed by atoms with Crippen LogP contribution in [-0.2, 0) is 20.9 Å². The number of benzene rings is 1. The molecule has 28 heavy (non-hydrogen) atoms. The number of likely N-dealkylation sites (N-methyl/N-ethyl adjacent to an activating group) is 1. The molecule has 7 nitrogen and oxygen atoms in total. The first-order chi connectivity index (χ1) is 13.5. The molecule has 1 saturated heterocycles. The van der Waals surface area contributed by atoms with E-state index >= 15 is 0 Å². The minimum Gasteiger partial charge on any atom is -0.381 e. The Hall–Kier alpha value is -2.38. The van der Waals surface area contributed by atoms with Gasteiger partial charge in [-0.1, -0.05) is 0 Å². The third-order valence-corrected chi connectivity index (χ3v) is 5.54. The molecule has 0 radical (unpaired) electrons. The fourth-order valence-electron chi connectivity index (χ4n) is 3.75. The quantitative estimate of drug-likeness (QED) is 0.763. The van der Waals surface area contributed by atoms with Crippen molar-refractivity contribution in [3.05, 3.63) is 30.5 Å². The van der Waals surface area contributed by atoms with Crippen LogP contribution in [0.3, 0.4) is 0 Å². The number of nitrogens with one attached hydrogen (secondary N) is 1. The monoisotopic (exact) mass is 386 g/mol. The van der Waals surface area contributed by atoms with Gasteiger partial charge in [0.2, 0.25) is 11.8 Å². The number of fused-ring (bicyclic) bond motifs is 1. The van der Waals surface area contributed by atoms with Gasteiger partial charge in [0.15, 0.2) is 0 Å². The van der Waals surface area contributed by atoms with E-state index in [-0.39, 0.29) is 17.7 Å². The fraction of sp³-hybridized carbons (Fsp3) is 0.524. The Bertz CT molecular complexity index is 822. The van der Waals surface area contributed by atoms with Gasteiger partial charge in [0.05, 0.1) is 6.04 Å². The standard InChI is InChI=1S/C21H30N4O3/c1-3-24(4-2)19(26)14-25-10-7-16-13-17(5-6-18(16)25)23-21(27)20(22)15-8-11-28-12-9-15/h5-7,10,13,15,20H,3-4,8-9,11-12,14,22H2,1-2H3,(H,23,27). The first-order valence-corrected chi connectivity index (χ1v) is 10.0. The van der Waals surface area contributed by atoms with Crippen LogP contribution in [0.15, 0.2) is 30.5 Å². The summed E-state index contributed by atoms with van der Waals surface area (Å²) in [5.74, 6) is 0.0920. The molecule has 0 bridgehead atoms. The maximum absolute atomic E-state index is 12.5. The minimum atomic E-state index is -0.532. The second-order valence-corrected chi connectivity index (χ2v) is 7.25. The summed E-state index contributed by atoms with van der Waals surface area (Å²) in [5.41, 5.74) is 7.83. The number of carbonyl (C=O) groups excluding carboxylic acids is 2. The molecule has 1 aliphatic rings. The van der Waals surface area contributed by atoms with Crippen LogP contribution in [-0.4, -0.2) is 53.6 Å². The zero-order valence-electron chi connectivity index (χ0n) is 16.7. The lowest BCUT2D eigenvalue weighted by atomic mass is 9.92. The second-order valence-electron chi connectivity index (χ2n) is 7.25. The Morgan fingerprint density at radius 1 is 1.25 bits per heavy atom. The van der Waals surface area contributed by atoms with Crippen molar-refractivity contribution in [1.82, 2.24) is 9.47 Å². The van der Waals surface area contributed by atoms with Crippen molar-refractivity contribution in [1.29, 1.82) is 0 Å². The van der Waals surface area contributed by atoms with Crippen LogP contribution in [0.25, 0.3) is 10.9 Å². The molecular formula is C21H30N4O3. The van der Waals surface area contributed by atoms with Crippen LogP contribution in [0.5, 0.6) is 0 Å². The van der Waals surface area contributed by atoms with Gasteiger partial charge in [0.1, 0.15) is 6.54 Å². The lowest BCUT2D eigenvalue weighted by molar-refractivity contribution is -0.131. The Kier molecular flexibility index (Phi) is 6.70. The molecule has 3 N–H and O–H groups in total. The predicted molar refractivity (Wildman–Crippen MR) is 110 cm³/mol. The molecular weight excluding hydrogens is 356 g/mol. The summed E-state index contributed by atoms with van der Waals surface area (Å²) >= 11 is 0. The lowest BCUT2D eigenvalue weighted by Gasteiger charge is -2.26. The summed E-state index contributed by atoms with van der Waals surface area (Å²) in [6, 6.07) is 7.13. The summed E-state index contributed by atoms with van der Waals surface area (Å²) in [6.07, 6.45) is 3.54. The van der Waals surface area contributed by atoms with Gasteiger partial charge >= 0.3 is 0 Å². The third-order valence-electron chi connectivity index (χ3n) is 5.54. The van der Waals surface area contributed by atoms with Crippen LogP contribution in [0.1, 0.15) is 26.7 Å². The number of hydrogen-bond acceptors (Lipinski definition) is 4. The largest absolute Gasteiger partial charge is 0.381 e. The zero-order valence-corrected chi connectivity index (χ0v) is 16.7. The van der Waals surface area contributed by atoms with Crippen molar-refractivity contribution in [3.63, 3.8) is 0 Å². The zero-order chi connectivity index (χ0) is 20.1. The van der Waals surface area contributed by atoms with Crippen molar-refractivity contribution in [3.8, 4) is 0 Å². The number of nitrogens with zero attached hydrogens (tertiary/aromatic N) is 2. The predicted octanol–water partition coefficient (Wildman–Crippen LogP) is 2.20. The fourth-order valence-corrected chi connectivity index (χ4v) is 3.75. The number of rotatable bonds is 7. The van der Waals surface area contributed by atoms with E-state index in [0.717, 1.165) is 23.7 Å². The summed E-state index contributed by atoms with van der Waals surface area (Å²) in [5, 5.41) is 3.91. The maximum Gasteiger partial charge on any atom is 0.242 e. The Morgan fingerprint density at radius 2 is 1.96 bits per heavy atom. The molecule has 1 fully saturated rings. The average molecular weight is 386 g/mol. The molecule has 0 saturated carbocycles. The highest BCUT2D eigenvalue weighted by molar-refractivity contribution is 5.97. The number of carbonyl (C=O) groups is 2. The van der Waals surface area contributed by atoms with Gasteiger partial charge < -0.3 is 25.3 Å². The van der Waals surface area contributed by atoms with E-state index in [2.05, 4.69) is 5.32 Å². The van der Waals surface area contributed by atoms with Crippen molar-refractivity contribution < 1.29 is 14.3 Å². The van der Waals surface area contributed by atoms with Crippen LogP contribution in [0.2, 0.25) is 0 Å². The summed E-state index contributed by atoms with van der Waals surface area (Å²) < 4.78 is 7.28. The van der Waals surface area contributed by atoms with Crippen LogP contribution < -0.4 is 11.1 Å². The van der Waals surface area contributed by atoms with Crippen molar-refractivity contribution in [2.45, 2.75) is 39.3 Å². The highest BCUT2D eigenvalue weighted by Gasteiger charge is 2.26. The Morgan fingerprint density at radius 3 is 2.64 bits per heavy atom. The highest BCUT2D eigenvalue weighted by atomic mass is 16.5. The summed E-state index contributed by atoms with van der Waals surface area (Å²) in [4.78, 5) is 26.7. The van der Waals surface area contributed by atoms with Gasteiger partial charge in [-0.3, -0.25) is 9.59 Å². The third kappa shape index (κ3) is 4.54. The number of ether oxygens (including phenoxy) is 1. The number of nitrogens with two attached hydrogens (primary N) is 1. The first-order valence-electron chi connectivity index (χ1n) is 10.0. The molecule has 2 aromatic rings. The average Bonchev–Trinajstić information content (AvgIpc) is 3.11. The molecule has 0 aliphatic carbocycles. The molecule has 7 heteroatoms. The van der Waals surface area contributed by atoms with Crippen LogP contribution >= 0.6 is 0 Å². The number of amides is 2. The van der Waals surface area contributed by atoms with Crippen LogP contribution in [0, 0.1) is 5.92 Å². The SMILES string of the molecule is CCN(CC)C(=O)Cn1ccc2cc(NC(=O)C(N)C3CCOCC3)ccc21. The van der Waals surface area contributed by atoms with Crippen molar-refractivity contribution >= 4 is 28.4 Å². The smallest absolute Gasteiger partial charge is 0.242 e. The number of anilines is 1. The first kappa shape index (κ1) is 20.4. The molecule has 1 aromatic carbocycles. The van der Waals surface area contributed by atoms with E-state index in [0.29, 0.717) is 38.5 Å². The van der Waals surface area contributed by atoms with Gasteiger partial charge in [0.25, 0.3) is 0 Å². The van der Waals surface area contributed by atoms with Crippen LogP contribution in [0.4, 0.5) is 5.69 Å². The Balaban J connectivity index is 1.68. The number of aromatic nitrogens is 1. The van der Waals surface area contributed by atoms with E-state index in [1.54, 1.807) is 0 Å². The van der Waals surface area contributed by atoms with Crippen molar-refractivity contribution in [2.75, 3.05) is 31.6 Å². The molecule has 1 aromatic heterocycles.